The van der Waals surface area contributed by atoms with Crippen LogP contribution in [0.2, 0.25) is 0 Å². The molecule has 0 spiro atoms. The Kier molecular flexibility index (Phi) is 4.84. The maximum atomic E-state index is 12.3. The lowest BCUT2D eigenvalue weighted by atomic mass is 10.0. The molecule has 0 aliphatic heterocycles. The first-order chi connectivity index (χ1) is 7.54. The van der Waals surface area contributed by atoms with E-state index in [1.807, 2.05) is 0 Å². The molecule has 16 heavy (non-hydrogen) atoms. The van der Waals surface area contributed by atoms with Crippen LogP contribution in [0.15, 0.2) is 24.3 Å². The number of hydrogen-bond acceptors (Lipinski definition) is 0. The first kappa shape index (κ1) is 13.1. The molecule has 0 N–H and O–H groups in total. The molecule has 0 aliphatic rings. The first-order valence-electron chi connectivity index (χ1n) is 5.49. The summed E-state index contributed by atoms with van der Waals surface area (Å²) in [5.41, 5.74) is 0.395. The van der Waals surface area contributed by atoms with Crippen LogP contribution in [0.1, 0.15) is 36.8 Å². The molecule has 89 valence electrons. The van der Waals surface area contributed by atoms with E-state index in [4.69, 9.17) is 0 Å². The maximum Gasteiger partial charge on any atom is 0.416 e. The fourth-order valence-electron chi connectivity index (χ4n) is 1.54. The molecule has 0 saturated heterocycles. The third-order valence-electron chi connectivity index (χ3n) is 2.50. The van der Waals surface area contributed by atoms with Gasteiger partial charge in [-0.15, -0.1) is 0 Å². The number of rotatable bonds is 5. The molecule has 1 aromatic rings. The van der Waals surface area contributed by atoms with Gasteiger partial charge in [0.2, 0.25) is 0 Å². The second-order valence-corrected chi connectivity index (χ2v) is 3.86. The van der Waals surface area contributed by atoms with Crippen molar-refractivity contribution < 1.29 is 13.2 Å². The molecular weight excluding hydrogens is 213 g/mol. The summed E-state index contributed by atoms with van der Waals surface area (Å²) in [6.45, 7) is 3.74. The van der Waals surface area contributed by atoms with E-state index in [1.165, 1.54) is 0 Å². The highest BCUT2D eigenvalue weighted by Gasteiger charge is 2.29. The average Bonchev–Trinajstić information content (AvgIpc) is 2.24. The molecule has 1 rings (SSSR count). The van der Waals surface area contributed by atoms with Crippen molar-refractivity contribution in [3.63, 3.8) is 0 Å². The lowest BCUT2D eigenvalue weighted by molar-refractivity contribution is -0.137. The molecular formula is C13H16F3. The predicted octanol–water partition coefficient (Wildman–Crippen LogP) is 4.64. The van der Waals surface area contributed by atoms with E-state index in [2.05, 4.69) is 6.92 Å². The Morgan fingerprint density at radius 1 is 0.938 bits per heavy atom. The largest absolute Gasteiger partial charge is 0.416 e. The molecule has 0 heterocycles. The van der Waals surface area contributed by atoms with Crippen molar-refractivity contribution in [2.24, 2.45) is 0 Å². The molecule has 1 aromatic carbocycles. The van der Waals surface area contributed by atoms with Crippen LogP contribution < -0.4 is 0 Å². The van der Waals surface area contributed by atoms with Crippen LogP contribution in [0.5, 0.6) is 0 Å². The summed E-state index contributed by atoms with van der Waals surface area (Å²) in [5, 5.41) is 0. The van der Waals surface area contributed by atoms with Gasteiger partial charge < -0.3 is 0 Å². The highest BCUT2D eigenvalue weighted by atomic mass is 19.4. The molecule has 0 nitrogen and oxygen atoms in total. The van der Waals surface area contributed by atoms with Crippen molar-refractivity contribution in [1.82, 2.24) is 0 Å². The van der Waals surface area contributed by atoms with Crippen molar-refractivity contribution >= 4 is 0 Å². The lowest BCUT2D eigenvalue weighted by Crippen LogP contribution is -2.04. The Labute approximate surface area is 94.5 Å². The highest BCUT2D eigenvalue weighted by molar-refractivity contribution is 5.24. The van der Waals surface area contributed by atoms with Gasteiger partial charge in [0.15, 0.2) is 0 Å². The van der Waals surface area contributed by atoms with E-state index < -0.39 is 11.7 Å². The number of halogens is 3. The van der Waals surface area contributed by atoms with Gasteiger partial charge in [-0.2, -0.15) is 13.2 Å². The van der Waals surface area contributed by atoms with Gasteiger partial charge in [-0.05, 0) is 30.5 Å². The summed E-state index contributed by atoms with van der Waals surface area (Å²) in [5.74, 6) is 0. The van der Waals surface area contributed by atoms with Gasteiger partial charge in [0.05, 0.1) is 5.56 Å². The summed E-state index contributed by atoms with van der Waals surface area (Å²) in [6.07, 6.45) is 0.726. The van der Waals surface area contributed by atoms with E-state index in [9.17, 15) is 13.2 Å². The molecule has 0 saturated carbocycles. The summed E-state index contributed by atoms with van der Waals surface area (Å²) in [6, 6.07) is 5.42. The predicted molar refractivity (Wildman–Crippen MR) is 59.0 cm³/mol. The number of aryl methyl sites for hydroxylation is 1. The normalized spacial score (nSPS) is 11.8. The fraction of sp³-hybridized carbons (Fsp3) is 0.462. The Morgan fingerprint density at radius 3 is 2.06 bits per heavy atom. The van der Waals surface area contributed by atoms with Gasteiger partial charge >= 0.3 is 6.18 Å². The Hall–Kier alpha value is -0.990. The van der Waals surface area contributed by atoms with E-state index in [0.29, 0.717) is 0 Å². The van der Waals surface area contributed by atoms with Crippen LogP contribution in [0.25, 0.3) is 0 Å². The van der Waals surface area contributed by atoms with Crippen LogP contribution >= 0.6 is 0 Å². The van der Waals surface area contributed by atoms with Gasteiger partial charge in [0, 0.05) is 0 Å². The molecule has 3 heteroatoms. The second-order valence-electron chi connectivity index (χ2n) is 3.86. The minimum atomic E-state index is -4.23. The summed E-state index contributed by atoms with van der Waals surface area (Å²) in [4.78, 5) is 0. The van der Waals surface area contributed by atoms with Crippen molar-refractivity contribution in [1.29, 1.82) is 0 Å². The molecule has 0 aliphatic carbocycles. The van der Waals surface area contributed by atoms with E-state index in [0.717, 1.165) is 49.8 Å². The van der Waals surface area contributed by atoms with E-state index in [-0.39, 0.29) is 0 Å². The standard InChI is InChI=1S/C13H16F3/c1-2-3-4-5-6-11-7-9-12(10-8-11)13(14,15)16/h7-10H,1-6H2. The topological polar surface area (TPSA) is 0 Å². The zero-order valence-corrected chi connectivity index (χ0v) is 9.19. The monoisotopic (exact) mass is 229 g/mol. The fourth-order valence-corrected chi connectivity index (χ4v) is 1.54. The third kappa shape index (κ3) is 4.25. The smallest absolute Gasteiger partial charge is 0.166 e. The molecule has 0 atom stereocenters. The highest BCUT2D eigenvalue weighted by Crippen LogP contribution is 2.29. The van der Waals surface area contributed by atoms with E-state index >= 15 is 0 Å². The molecule has 0 bridgehead atoms. The van der Waals surface area contributed by atoms with Gasteiger partial charge in [-0.25, -0.2) is 0 Å². The minimum absolute atomic E-state index is 0.575. The van der Waals surface area contributed by atoms with Crippen molar-refractivity contribution in [3.05, 3.63) is 42.3 Å². The lowest BCUT2D eigenvalue weighted by Gasteiger charge is -2.07. The van der Waals surface area contributed by atoms with Crippen LogP contribution in [-0.2, 0) is 12.6 Å². The Bertz CT molecular complexity index is 298. The summed E-state index contributed by atoms with van der Waals surface area (Å²) in [7, 11) is 0. The van der Waals surface area contributed by atoms with Gasteiger partial charge in [-0.3, -0.25) is 0 Å². The molecule has 0 aromatic heterocycles. The van der Waals surface area contributed by atoms with Gasteiger partial charge in [0.25, 0.3) is 0 Å². The van der Waals surface area contributed by atoms with Crippen LogP contribution in [-0.4, -0.2) is 0 Å². The SMILES string of the molecule is [CH2]CCCCCc1ccc(C(F)(F)F)cc1. The number of unbranched alkanes of at least 4 members (excludes halogenated alkanes) is 3. The second kappa shape index (κ2) is 5.92. The number of alkyl halides is 3. The molecule has 0 amide bonds. The molecule has 1 radical (unpaired) electrons. The van der Waals surface area contributed by atoms with E-state index in [1.54, 1.807) is 12.1 Å². The zero-order chi connectivity index (χ0) is 12.0. The maximum absolute atomic E-state index is 12.3. The molecule has 0 fully saturated rings. The van der Waals surface area contributed by atoms with Crippen molar-refractivity contribution in [2.75, 3.05) is 0 Å². The number of benzene rings is 1. The van der Waals surface area contributed by atoms with Gasteiger partial charge in [-0.1, -0.05) is 38.3 Å². The first-order valence-corrected chi connectivity index (χ1v) is 5.49. The Morgan fingerprint density at radius 2 is 1.56 bits per heavy atom. The van der Waals surface area contributed by atoms with Crippen LogP contribution in [0, 0.1) is 6.92 Å². The quantitative estimate of drug-likeness (QED) is 0.645. The summed E-state index contributed by atoms with van der Waals surface area (Å²) < 4.78 is 36.8. The van der Waals surface area contributed by atoms with Crippen LogP contribution in [0.4, 0.5) is 13.2 Å². The van der Waals surface area contributed by atoms with Gasteiger partial charge in [0.1, 0.15) is 0 Å². The Balaban J connectivity index is 2.46. The third-order valence-corrected chi connectivity index (χ3v) is 2.50. The molecule has 0 unspecified atom stereocenters. The van der Waals surface area contributed by atoms with Crippen molar-refractivity contribution in [3.8, 4) is 0 Å². The minimum Gasteiger partial charge on any atom is -0.166 e. The zero-order valence-electron chi connectivity index (χ0n) is 9.19. The van der Waals surface area contributed by atoms with Crippen LogP contribution in [0.3, 0.4) is 0 Å². The summed E-state index contributed by atoms with van der Waals surface area (Å²) >= 11 is 0. The number of hydrogen-bond donors (Lipinski definition) is 0. The van der Waals surface area contributed by atoms with Crippen molar-refractivity contribution in [2.45, 2.75) is 38.3 Å². The average molecular weight is 229 g/mol.